The Kier molecular flexibility index (Phi) is 5.65. The molecule has 0 N–H and O–H groups in total. The van der Waals surface area contributed by atoms with Crippen molar-refractivity contribution in [2.24, 2.45) is 10.5 Å². The zero-order valence-electron chi connectivity index (χ0n) is 12.9. The number of hydrazone groups is 1. The maximum atomic E-state index is 12.3. The van der Waals surface area contributed by atoms with E-state index in [2.05, 4.69) is 24.2 Å². The van der Waals surface area contributed by atoms with Crippen LogP contribution in [0.1, 0.15) is 39.5 Å². The summed E-state index contributed by atoms with van der Waals surface area (Å²) in [5.74, 6) is -0.0565. The molecule has 0 bridgehead atoms. The lowest BCUT2D eigenvalue weighted by molar-refractivity contribution is -0.126. The van der Waals surface area contributed by atoms with Gasteiger partial charge in [0.25, 0.3) is 5.91 Å². The summed E-state index contributed by atoms with van der Waals surface area (Å²) in [4.78, 5) is 12.3. The monoisotopic (exact) mass is 338 g/mol. The van der Waals surface area contributed by atoms with Gasteiger partial charge in [-0.3, -0.25) is 4.79 Å². The predicted molar refractivity (Wildman–Crippen MR) is 92.7 cm³/mol. The summed E-state index contributed by atoms with van der Waals surface area (Å²) in [6.07, 6.45) is 12.8. The van der Waals surface area contributed by atoms with Gasteiger partial charge in [0.05, 0.1) is 17.8 Å². The maximum absolute atomic E-state index is 12.3. The van der Waals surface area contributed by atoms with Crippen LogP contribution in [0.2, 0.25) is 0 Å². The Balaban J connectivity index is 2.22. The molecule has 1 unspecified atom stereocenters. The van der Waals surface area contributed by atoms with E-state index < -0.39 is 0 Å². The van der Waals surface area contributed by atoms with Crippen LogP contribution in [-0.2, 0) is 4.79 Å². The van der Waals surface area contributed by atoms with E-state index in [0.29, 0.717) is 17.2 Å². The van der Waals surface area contributed by atoms with E-state index in [1.165, 1.54) is 10.5 Å². The zero-order valence-corrected chi connectivity index (χ0v) is 14.4. The summed E-state index contributed by atoms with van der Waals surface area (Å²) in [6.45, 7) is 4.01. The van der Waals surface area contributed by atoms with E-state index in [9.17, 15) is 4.79 Å². The highest BCUT2D eigenvalue weighted by Gasteiger charge is 2.37. The number of halogens is 2. The van der Waals surface area contributed by atoms with Crippen LogP contribution in [0.15, 0.2) is 51.7 Å². The molecular formula is C17H20Cl2N2O. The van der Waals surface area contributed by atoms with Crippen molar-refractivity contribution in [1.29, 1.82) is 0 Å². The third kappa shape index (κ3) is 3.71. The number of rotatable bonds is 4. The van der Waals surface area contributed by atoms with Crippen molar-refractivity contribution < 1.29 is 4.79 Å². The second-order valence-electron chi connectivity index (χ2n) is 5.74. The smallest absolute Gasteiger partial charge is 0.253 e. The third-order valence-electron chi connectivity index (χ3n) is 4.12. The molecule has 1 aliphatic heterocycles. The molecule has 0 aromatic rings. The highest BCUT2D eigenvalue weighted by Crippen LogP contribution is 2.37. The summed E-state index contributed by atoms with van der Waals surface area (Å²) in [7, 11) is 0. The van der Waals surface area contributed by atoms with Gasteiger partial charge in [-0.1, -0.05) is 48.4 Å². The average molecular weight is 339 g/mol. The van der Waals surface area contributed by atoms with E-state index in [1.807, 2.05) is 6.92 Å². The van der Waals surface area contributed by atoms with Crippen LogP contribution in [0.25, 0.3) is 0 Å². The molecule has 3 nitrogen and oxygen atoms in total. The molecule has 1 aliphatic carbocycles. The molecule has 1 heterocycles. The van der Waals surface area contributed by atoms with Gasteiger partial charge in [0.15, 0.2) is 0 Å². The van der Waals surface area contributed by atoms with Crippen LogP contribution in [-0.4, -0.2) is 16.6 Å². The normalized spacial score (nSPS) is 27.0. The average Bonchev–Trinajstić information content (AvgIpc) is 2.91. The molecule has 0 aromatic carbocycles. The van der Waals surface area contributed by atoms with Gasteiger partial charge in [0.1, 0.15) is 0 Å². The molecule has 0 aromatic heterocycles. The van der Waals surface area contributed by atoms with Gasteiger partial charge < -0.3 is 0 Å². The number of carbonyl (C=O) groups excluding carboxylic acids is 1. The van der Waals surface area contributed by atoms with Crippen LogP contribution in [0.3, 0.4) is 0 Å². The van der Waals surface area contributed by atoms with Gasteiger partial charge in [0, 0.05) is 16.0 Å². The second-order valence-corrected chi connectivity index (χ2v) is 6.40. The Bertz CT molecular complexity index is 602. The minimum absolute atomic E-state index is 0.0404. The molecule has 0 saturated carbocycles. The molecule has 22 heavy (non-hydrogen) atoms. The van der Waals surface area contributed by atoms with Crippen molar-refractivity contribution in [2.45, 2.75) is 39.5 Å². The minimum Gasteiger partial charge on any atom is -0.272 e. The Morgan fingerprint density at radius 1 is 1.41 bits per heavy atom. The van der Waals surface area contributed by atoms with Crippen molar-refractivity contribution in [2.75, 3.05) is 0 Å². The number of carbonyl (C=O) groups is 1. The molecule has 5 heteroatoms. The zero-order chi connectivity index (χ0) is 16.2. The summed E-state index contributed by atoms with van der Waals surface area (Å²) in [6, 6.07) is 0. The molecule has 2 rings (SSSR count). The highest BCUT2D eigenvalue weighted by molar-refractivity contribution is 6.31. The lowest BCUT2D eigenvalue weighted by Crippen LogP contribution is -2.28. The van der Waals surface area contributed by atoms with Crippen LogP contribution >= 0.6 is 23.2 Å². The molecule has 0 fully saturated rings. The first-order valence-electron chi connectivity index (χ1n) is 7.36. The second kappa shape index (κ2) is 7.30. The van der Waals surface area contributed by atoms with Crippen LogP contribution in [0, 0.1) is 5.41 Å². The van der Waals surface area contributed by atoms with Crippen LogP contribution in [0.4, 0.5) is 0 Å². The summed E-state index contributed by atoms with van der Waals surface area (Å²) in [5, 5.41) is 6.50. The van der Waals surface area contributed by atoms with Crippen molar-refractivity contribution in [3.05, 3.63) is 46.6 Å². The first-order valence-corrected chi connectivity index (χ1v) is 8.18. The standard InChI is InChI=1S/C17H20Cl2N2O/c1-3-13(19)7-8-14(12-18)21-16(22)11-15(20-21)17(2)9-5-4-6-10-17/h3-5,7-8,12H,6,9-11H2,1-2H3/b8-7-,13-3+,14-12-. The Morgan fingerprint density at radius 2 is 2.18 bits per heavy atom. The predicted octanol–water partition coefficient (Wildman–Crippen LogP) is 5.10. The molecule has 1 amide bonds. The fourth-order valence-electron chi connectivity index (χ4n) is 2.61. The van der Waals surface area contributed by atoms with Gasteiger partial charge in [-0.25, -0.2) is 0 Å². The first kappa shape index (κ1) is 17.0. The van der Waals surface area contributed by atoms with Crippen molar-refractivity contribution in [3.8, 4) is 0 Å². The molecule has 2 aliphatic rings. The van der Waals surface area contributed by atoms with Crippen LogP contribution in [0.5, 0.6) is 0 Å². The molecule has 118 valence electrons. The Hall–Kier alpha value is -1.32. The minimum atomic E-state index is -0.0565. The molecule has 0 saturated heterocycles. The lowest BCUT2D eigenvalue weighted by Gasteiger charge is -2.30. The number of allylic oxidation sites excluding steroid dienone is 6. The van der Waals surface area contributed by atoms with Crippen molar-refractivity contribution >= 4 is 34.8 Å². The van der Waals surface area contributed by atoms with Gasteiger partial charge in [-0.2, -0.15) is 10.1 Å². The third-order valence-corrected chi connectivity index (χ3v) is 4.68. The first-order chi connectivity index (χ1) is 10.5. The van der Waals surface area contributed by atoms with Gasteiger partial charge in [0.2, 0.25) is 0 Å². The quantitative estimate of drug-likeness (QED) is 0.518. The maximum Gasteiger partial charge on any atom is 0.253 e. The van der Waals surface area contributed by atoms with E-state index in [-0.39, 0.29) is 11.3 Å². The Morgan fingerprint density at radius 3 is 2.77 bits per heavy atom. The van der Waals surface area contributed by atoms with Crippen LogP contribution < -0.4 is 0 Å². The van der Waals surface area contributed by atoms with Gasteiger partial charge in [-0.15, -0.1) is 0 Å². The fourth-order valence-corrected chi connectivity index (χ4v) is 2.84. The number of nitrogens with zero attached hydrogens (tertiary/aromatic N) is 2. The highest BCUT2D eigenvalue weighted by atomic mass is 35.5. The lowest BCUT2D eigenvalue weighted by atomic mass is 9.74. The van der Waals surface area contributed by atoms with E-state index in [4.69, 9.17) is 23.2 Å². The summed E-state index contributed by atoms with van der Waals surface area (Å²) in [5.41, 5.74) is 2.77. The molecular weight excluding hydrogens is 319 g/mol. The van der Waals surface area contributed by atoms with E-state index in [1.54, 1.807) is 18.2 Å². The van der Waals surface area contributed by atoms with Crippen molar-refractivity contribution in [1.82, 2.24) is 5.01 Å². The van der Waals surface area contributed by atoms with E-state index >= 15 is 0 Å². The SMILES string of the molecule is C\C=C(Cl)/C=C\C(=C\Cl)N1N=C(C2(C)CC=CCC2)CC1=O. The van der Waals surface area contributed by atoms with Gasteiger partial charge in [-0.05, 0) is 38.3 Å². The summed E-state index contributed by atoms with van der Waals surface area (Å²) >= 11 is 11.8. The molecule has 1 atom stereocenters. The largest absolute Gasteiger partial charge is 0.272 e. The number of hydrogen-bond donors (Lipinski definition) is 0. The van der Waals surface area contributed by atoms with Gasteiger partial charge >= 0.3 is 0 Å². The Labute approximate surface area is 141 Å². The van der Waals surface area contributed by atoms with E-state index in [0.717, 1.165) is 25.0 Å². The molecule has 0 spiro atoms. The molecule has 0 radical (unpaired) electrons. The summed E-state index contributed by atoms with van der Waals surface area (Å²) < 4.78 is 0. The number of amides is 1. The van der Waals surface area contributed by atoms with Crippen molar-refractivity contribution in [3.63, 3.8) is 0 Å². The topological polar surface area (TPSA) is 32.7 Å². The fraction of sp³-hybridized carbons (Fsp3) is 0.412. The number of hydrogen-bond acceptors (Lipinski definition) is 2.